The molecule has 0 fully saturated rings. The molecule has 3 aromatic rings. The quantitative estimate of drug-likeness (QED) is 0.726. The van der Waals surface area contributed by atoms with Crippen LogP contribution in [0.15, 0.2) is 28.2 Å². The molecule has 21 heavy (non-hydrogen) atoms. The fourth-order valence-electron chi connectivity index (χ4n) is 1.87. The molecule has 0 amide bonds. The van der Waals surface area contributed by atoms with Gasteiger partial charge in [-0.3, -0.25) is 0 Å². The van der Waals surface area contributed by atoms with Crippen LogP contribution in [-0.4, -0.2) is 31.1 Å². The van der Waals surface area contributed by atoms with Gasteiger partial charge >= 0.3 is 5.97 Å². The molecule has 3 rings (SSSR count). The minimum atomic E-state index is -1.15. The maximum Gasteiger partial charge on any atom is 0.358 e. The smallest absolute Gasteiger partial charge is 0.358 e. The summed E-state index contributed by atoms with van der Waals surface area (Å²) in [6.07, 6.45) is 1.51. The molecule has 3 heterocycles. The van der Waals surface area contributed by atoms with E-state index >= 15 is 0 Å². The molecular formula is C12H11N5O3S. The number of nitrogens with two attached hydrogens (primary N) is 1. The van der Waals surface area contributed by atoms with Crippen LogP contribution in [0.4, 0.5) is 0 Å². The molecule has 108 valence electrons. The van der Waals surface area contributed by atoms with Crippen LogP contribution in [0.1, 0.15) is 21.9 Å². The van der Waals surface area contributed by atoms with Crippen molar-refractivity contribution in [2.45, 2.75) is 13.1 Å². The largest absolute Gasteiger partial charge is 0.476 e. The van der Waals surface area contributed by atoms with Gasteiger partial charge in [0.2, 0.25) is 5.89 Å². The van der Waals surface area contributed by atoms with Gasteiger partial charge in [0.25, 0.3) is 0 Å². The van der Waals surface area contributed by atoms with Crippen LogP contribution in [0.25, 0.3) is 10.8 Å². The zero-order valence-corrected chi connectivity index (χ0v) is 11.6. The molecule has 0 saturated heterocycles. The third-order valence-electron chi connectivity index (χ3n) is 2.83. The summed E-state index contributed by atoms with van der Waals surface area (Å²) in [5.41, 5.74) is 6.39. The van der Waals surface area contributed by atoms with E-state index in [-0.39, 0.29) is 18.8 Å². The highest BCUT2D eigenvalue weighted by Gasteiger charge is 2.18. The summed E-state index contributed by atoms with van der Waals surface area (Å²) in [5, 5.41) is 18.4. The van der Waals surface area contributed by atoms with E-state index in [0.717, 1.165) is 4.88 Å². The average Bonchev–Trinajstić information content (AvgIpc) is 3.18. The highest BCUT2D eigenvalue weighted by molar-refractivity contribution is 7.13. The summed E-state index contributed by atoms with van der Waals surface area (Å²) in [4.78, 5) is 16.3. The first kappa shape index (κ1) is 13.5. The summed E-state index contributed by atoms with van der Waals surface area (Å²) in [6, 6.07) is 3.82. The molecule has 0 spiro atoms. The molecular weight excluding hydrogens is 294 g/mol. The minimum Gasteiger partial charge on any atom is -0.476 e. The van der Waals surface area contributed by atoms with Crippen molar-refractivity contribution in [2.24, 2.45) is 5.73 Å². The minimum absolute atomic E-state index is 0.0320. The summed E-state index contributed by atoms with van der Waals surface area (Å²) < 4.78 is 6.82. The number of hydrogen-bond donors (Lipinski definition) is 2. The van der Waals surface area contributed by atoms with Crippen LogP contribution in [0.2, 0.25) is 0 Å². The summed E-state index contributed by atoms with van der Waals surface area (Å²) >= 11 is 1.52. The molecule has 0 unspecified atom stereocenters. The van der Waals surface area contributed by atoms with E-state index in [2.05, 4.69) is 15.3 Å². The first-order chi connectivity index (χ1) is 10.2. The van der Waals surface area contributed by atoms with Crippen molar-refractivity contribution >= 4 is 17.3 Å². The Kier molecular flexibility index (Phi) is 3.50. The highest BCUT2D eigenvalue weighted by Crippen LogP contribution is 2.23. The fourth-order valence-corrected chi connectivity index (χ4v) is 2.53. The Morgan fingerprint density at radius 3 is 3.05 bits per heavy atom. The van der Waals surface area contributed by atoms with Gasteiger partial charge in [-0.1, -0.05) is 11.3 Å². The zero-order chi connectivity index (χ0) is 14.8. The lowest BCUT2D eigenvalue weighted by Gasteiger charge is -2.01. The van der Waals surface area contributed by atoms with Gasteiger partial charge in [-0.05, 0) is 11.4 Å². The second kappa shape index (κ2) is 5.46. The lowest BCUT2D eigenvalue weighted by molar-refractivity contribution is 0.0689. The molecule has 0 atom stereocenters. The van der Waals surface area contributed by atoms with Gasteiger partial charge in [0, 0.05) is 6.54 Å². The van der Waals surface area contributed by atoms with Crippen LogP contribution >= 0.6 is 11.3 Å². The first-order valence-corrected chi connectivity index (χ1v) is 6.91. The Balaban J connectivity index is 1.86. The van der Waals surface area contributed by atoms with Gasteiger partial charge in [-0.15, -0.1) is 16.4 Å². The molecule has 0 bridgehead atoms. The summed E-state index contributed by atoms with van der Waals surface area (Å²) in [5.74, 6) is -0.631. The van der Waals surface area contributed by atoms with Gasteiger partial charge in [0.05, 0.1) is 17.1 Å². The number of thiophene rings is 1. The van der Waals surface area contributed by atoms with E-state index < -0.39 is 5.97 Å². The molecule has 3 N–H and O–H groups in total. The van der Waals surface area contributed by atoms with E-state index in [0.29, 0.717) is 17.3 Å². The fraction of sp³-hybridized carbons (Fsp3) is 0.167. The Bertz CT molecular complexity index is 762. The van der Waals surface area contributed by atoms with Crippen molar-refractivity contribution in [3.8, 4) is 10.8 Å². The van der Waals surface area contributed by atoms with Gasteiger partial charge in [-0.2, -0.15) is 0 Å². The lowest BCUT2D eigenvalue weighted by Crippen LogP contribution is -2.13. The SMILES string of the molecule is NCc1c(C(=O)O)nnn1Cc1coc(-c2cccs2)n1. The van der Waals surface area contributed by atoms with Gasteiger partial charge in [-0.25, -0.2) is 14.5 Å². The van der Waals surface area contributed by atoms with Crippen LogP contribution in [0, 0.1) is 0 Å². The van der Waals surface area contributed by atoms with Gasteiger partial charge in [0.1, 0.15) is 12.0 Å². The standard InChI is InChI=1S/C12H11N5O3S/c13-4-8-10(12(18)19)15-16-17(8)5-7-6-20-11(14-7)9-2-1-3-21-9/h1-3,6H,4-5,13H2,(H,18,19). The van der Waals surface area contributed by atoms with E-state index in [1.807, 2.05) is 17.5 Å². The molecule has 9 heteroatoms. The molecule has 0 aromatic carbocycles. The third kappa shape index (κ3) is 2.56. The number of aromatic carboxylic acids is 1. The van der Waals surface area contributed by atoms with Gasteiger partial charge < -0.3 is 15.3 Å². The molecule has 0 aliphatic carbocycles. The number of hydrogen-bond acceptors (Lipinski definition) is 7. The topological polar surface area (TPSA) is 120 Å². The van der Waals surface area contributed by atoms with E-state index in [9.17, 15) is 4.79 Å². The first-order valence-electron chi connectivity index (χ1n) is 6.03. The number of nitrogens with zero attached hydrogens (tertiary/aromatic N) is 4. The number of carboxylic acids is 1. The van der Waals surface area contributed by atoms with Crippen molar-refractivity contribution in [2.75, 3.05) is 0 Å². The summed E-state index contributed by atoms with van der Waals surface area (Å²) in [7, 11) is 0. The van der Waals surface area contributed by atoms with Crippen molar-refractivity contribution in [1.82, 2.24) is 20.0 Å². The molecule has 3 aromatic heterocycles. The number of rotatable bonds is 5. The molecule has 0 aliphatic heterocycles. The summed E-state index contributed by atoms with van der Waals surface area (Å²) in [6.45, 7) is 0.284. The van der Waals surface area contributed by atoms with Crippen molar-refractivity contribution in [3.05, 3.63) is 40.9 Å². The maximum absolute atomic E-state index is 11.0. The number of aromatic nitrogens is 4. The molecule has 0 radical (unpaired) electrons. The third-order valence-corrected chi connectivity index (χ3v) is 3.69. The van der Waals surface area contributed by atoms with Crippen molar-refractivity contribution in [1.29, 1.82) is 0 Å². The number of carbonyl (C=O) groups is 1. The van der Waals surface area contributed by atoms with Crippen molar-refractivity contribution < 1.29 is 14.3 Å². The Morgan fingerprint density at radius 2 is 2.38 bits per heavy atom. The molecule has 0 aliphatic rings. The van der Waals surface area contributed by atoms with Crippen LogP contribution < -0.4 is 5.73 Å². The normalized spacial score (nSPS) is 10.9. The lowest BCUT2D eigenvalue weighted by atomic mass is 10.3. The second-order valence-corrected chi connectivity index (χ2v) is 5.12. The molecule has 8 nitrogen and oxygen atoms in total. The highest BCUT2D eigenvalue weighted by atomic mass is 32.1. The zero-order valence-electron chi connectivity index (χ0n) is 10.8. The molecule has 0 saturated carbocycles. The van der Waals surface area contributed by atoms with Crippen molar-refractivity contribution in [3.63, 3.8) is 0 Å². The van der Waals surface area contributed by atoms with Crippen LogP contribution in [0.3, 0.4) is 0 Å². The van der Waals surface area contributed by atoms with E-state index in [1.54, 1.807) is 0 Å². The van der Waals surface area contributed by atoms with E-state index in [1.165, 1.54) is 22.3 Å². The monoisotopic (exact) mass is 305 g/mol. The number of carboxylic acid groups (broad SMARTS) is 1. The van der Waals surface area contributed by atoms with Crippen LogP contribution in [0.5, 0.6) is 0 Å². The second-order valence-electron chi connectivity index (χ2n) is 4.17. The van der Waals surface area contributed by atoms with E-state index in [4.69, 9.17) is 15.3 Å². The maximum atomic E-state index is 11.0. The Labute approximate surface area is 122 Å². The Hall–Kier alpha value is -2.52. The van der Waals surface area contributed by atoms with Crippen LogP contribution in [-0.2, 0) is 13.1 Å². The predicted octanol–water partition coefficient (Wildman–Crippen LogP) is 1.20. The number of oxazole rings is 1. The average molecular weight is 305 g/mol. The predicted molar refractivity (Wildman–Crippen MR) is 73.8 cm³/mol. The Morgan fingerprint density at radius 1 is 1.52 bits per heavy atom. The van der Waals surface area contributed by atoms with Gasteiger partial charge in [0.15, 0.2) is 5.69 Å².